The number of benzene rings is 3. The molecule has 0 aliphatic carbocycles. The van der Waals surface area contributed by atoms with Crippen LogP contribution >= 0.6 is 0 Å². The van der Waals surface area contributed by atoms with Crippen LogP contribution in [0.4, 0.5) is 5.69 Å². The fourth-order valence-corrected chi connectivity index (χ4v) is 4.35. The van der Waals surface area contributed by atoms with Gasteiger partial charge in [-0.1, -0.05) is 24.3 Å². The molecule has 1 N–H and O–H groups in total. The molecule has 35 heavy (non-hydrogen) atoms. The van der Waals surface area contributed by atoms with Gasteiger partial charge in [0.25, 0.3) is 11.7 Å². The summed E-state index contributed by atoms with van der Waals surface area (Å²) in [5.41, 5.74) is 1.34. The molecule has 1 unspecified atom stereocenters. The molecule has 5 rings (SSSR count). The number of ether oxygens (including phenoxy) is 4. The number of para-hydroxylation sites is 1. The van der Waals surface area contributed by atoms with E-state index in [0.717, 1.165) is 0 Å². The Morgan fingerprint density at radius 2 is 1.77 bits per heavy atom. The summed E-state index contributed by atoms with van der Waals surface area (Å²) < 4.78 is 21.8. The Balaban J connectivity index is 1.69. The Morgan fingerprint density at radius 3 is 2.51 bits per heavy atom. The van der Waals surface area contributed by atoms with Crippen molar-refractivity contribution >= 4 is 23.1 Å². The van der Waals surface area contributed by atoms with E-state index in [-0.39, 0.29) is 18.1 Å². The van der Waals surface area contributed by atoms with Gasteiger partial charge in [-0.15, -0.1) is 0 Å². The maximum absolute atomic E-state index is 13.4. The van der Waals surface area contributed by atoms with Crippen molar-refractivity contribution in [2.24, 2.45) is 0 Å². The minimum absolute atomic E-state index is 0.0404. The lowest BCUT2D eigenvalue weighted by molar-refractivity contribution is -0.132. The normalized spacial score (nSPS) is 18.1. The van der Waals surface area contributed by atoms with E-state index < -0.39 is 17.7 Å². The highest BCUT2D eigenvalue weighted by Crippen LogP contribution is 2.45. The first-order valence-corrected chi connectivity index (χ1v) is 11.1. The largest absolute Gasteiger partial charge is 0.507 e. The van der Waals surface area contributed by atoms with Gasteiger partial charge in [0.05, 0.1) is 30.9 Å². The highest BCUT2D eigenvalue weighted by Gasteiger charge is 2.47. The number of fused-ring (bicyclic) bond motifs is 1. The third-order valence-corrected chi connectivity index (χ3v) is 5.95. The first kappa shape index (κ1) is 22.3. The molecule has 0 bridgehead atoms. The zero-order valence-corrected chi connectivity index (χ0v) is 19.2. The maximum atomic E-state index is 13.4. The van der Waals surface area contributed by atoms with Crippen molar-refractivity contribution in [1.82, 2.24) is 0 Å². The summed E-state index contributed by atoms with van der Waals surface area (Å²) in [6.45, 7) is 2.46. The zero-order valence-electron chi connectivity index (χ0n) is 19.2. The second kappa shape index (κ2) is 9.06. The molecule has 8 nitrogen and oxygen atoms in total. The average Bonchev–Trinajstić information content (AvgIpc) is 3.46. The Morgan fingerprint density at radius 1 is 1.03 bits per heavy atom. The van der Waals surface area contributed by atoms with Gasteiger partial charge in [-0.2, -0.15) is 0 Å². The second-order valence-corrected chi connectivity index (χ2v) is 7.91. The number of hydrogen-bond acceptors (Lipinski definition) is 7. The van der Waals surface area contributed by atoms with E-state index in [1.807, 2.05) is 6.92 Å². The van der Waals surface area contributed by atoms with E-state index in [9.17, 15) is 14.7 Å². The summed E-state index contributed by atoms with van der Waals surface area (Å²) in [6.07, 6.45) is 0. The number of rotatable bonds is 6. The Labute approximate surface area is 201 Å². The molecule has 3 aromatic rings. The number of methoxy groups -OCH3 is 1. The first-order chi connectivity index (χ1) is 17.0. The van der Waals surface area contributed by atoms with Crippen LogP contribution in [0.1, 0.15) is 24.1 Å². The predicted molar refractivity (Wildman–Crippen MR) is 128 cm³/mol. The highest BCUT2D eigenvalue weighted by molar-refractivity contribution is 6.51. The first-order valence-electron chi connectivity index (χ1n) is 11.1. The molecular formula is C27H23NO7. The number of carbonyl (C=O) groups excluding carboxylic acids is 2. The van der Waals surface area contributed by atoms with Crippen LogP contribution in [0, 0.1) is 0 Å². The molecule has 1 atom stereocenters. The van der Waals surface area contributed by atoms with Crippen LogP contribution in [0.5, 0.6) is 23.0 Å². The SMILES string of the molecule is CCOc1ccc(C2/C(=C(\O)c3ccccc3OC)C(=O)C(=O)N2c2ccc3c(c2)OCO3)cc1. The van der Waals surface area contributed by atoms with E-state index in [4.69, 9.17) is 18.9 Å². The van der Waals surface area contributed by atoms with Crippen molar-refractivity contribution in [3.63, 3.8) is 0 Å². The van der Waals surface area contributed by atoms with Crippen molar-refractivity contribution in [3.8, 4) is 23.0 Å². The molecule has 178 valence electrons. The van der Waals surface area contributed by atoms with Crippen LogP contribution in [0.15, 0.2) is 72.3 Å². The maximum Gasteiger partial charge on any atom is 0.300 e. The number of nitrogens with zero attached hydrogens (tertiary/aromatic N) is 1. The lowest BCUT2D eigenvalue weighted by Crippen LogP contribution is -2.29. The molecule has 0 spiro atoms. The molecule has 0 aromatic heterocycles. The number of ketones is 1. The van der Waals surface area contributed by atoms with Gasteiger partial charge in [0, 0.05) is 11.8 Å². The van der Waals surface area contributed by atoms with Crippen molar-refractivity contribution in [2.45, 2.75) is 13.0 Å². The molecular weight excluding hydrogens is 450 g/mol. The van der Waals surface area contributed by atoms with Crippen molar-refractivity contribution in [1.29, 1.82) is 0 Å². The number of anilines is 1. The van der Waals surface area contributed by atoms with E-state index in [0.29, 0.717) is 46.4 Å². The van der Waals surface area contributed by atoms with E-state index in [1.54, 1.807) is 66.7 Å². The van der Waals surface area contributed by atoms with Gasteiger partial charge in [0.15, 0.2) is 11.5 Å². The number of amides is 1. The van der Waals surface area contributed by atoms with Crippen LogP contribution in [0.25, 0.3) is 5.76 Å². The van der Waals surface area contributed by atoms with Gasteiger partial charge in [0.2, 0.25) is 6.79 Å². The summed E-state index contributed by atoms with van der Waals surface area (Å²) in [4.78, 5) is 28.1. The Kier molecular flexibility index (Phi) is 5.78. The molecule has 1 saturated heterocycles. The fourth-order valence-electron chi connectivity index (χ4n) is 4.35. The molecule has 0 saturated carbocycles. The third-order valence-electron chi connectivity index (χ3n) is 5.95. The molecule has 1 fully saturated rings. The molecule has 2 aliphatic heterocycles. The Bertz CT molecular complexity index is 1330. The van der Waals surface area contributed by atoms with Gasteiger partial charge in [-0.25, -0.2) is 0 Å². The predicted octanol–water partition coefficient (Wildman–Crippen LogP) is 4.45. The summed E-state index contributed by atoms with van der Waals surface area (Å²) in [6, 6.07) is 18.0. The molecule has 2 aliphatic rings. The topological polar surface area (TPSA) is 94.5 Å². The smallest absolute Gasteiger partial charge is 0.300 e. The molecule has 8 heteroatoms. The monoisotopic (exact) mass is 473 g/mol. The lowest BCUT2D eigenvalue weighted by atomic mass is 9.94. The van der Waals surface area contributed by atoms with Gasteiger partial charge in [0.1, 0.15) is 17.3 Å². The van der Waals surface area contributed by atoms with Crippen LogP contribution in [0.3, 0.4) is 0 Å². The second-order valence-electron chi connectivity index (χ2n) is 7.91. The summed E-state index contributed by atoms with van der Waals surface area (Å²) in [7, 11) is 1.47. The number of aliphatic hydroxyl groups excluding tert-OH is 1. The quantitative estimate of drug-likeness (QED) is 0.321. The molecule has 0 radical (unpaired) electrons. The van der Waals surface area contributed by atoms with Gasteiger partial charge in [-0.05, 0) is 48.9 Å². The van der Waals surface area contributed by atoms with Gasteiger partial charge < -0.3 is 24.1 Å². The van der Waals surface area contributed by atoms with Crippen LogP contribution < -0.4 is 23.8 Å². The van der Waals surface area contributed by atoms with E-state index >= 15 is 0 Å². The summed E-state index contributed by atoms with van der Waals surface area (Å²) in [5, 5.41) is 11.3. The zero-order chi connectivity index (χ0) is 24.5. The number of carbonyl (C=O) groups is 2. The highest BCUT2D eigenvalue weighted by atomic mass is 16.7. The minimum atomic E-state index is -0.893. The van der Waals surface area contributed by atoms with Crippen LogP contribution in [0.2, 0.25) is 0 Å². The average molecular weight is 473 g/mol. The Hall–Kier alpha value is -4.46. The van der Waals surface area contributed by atoms with Gasteiger partial charge in [-0.3, -0.25) is 14.5 Å². The molecule has 3 aromatic carbocycles. The number of Topliss-reactive ketones (excluding diaryl/α,β-unsaturated/α-hetero) is 1. The number of hydrogen-bond donors (Lipinski definition) is 1. The van der Waals surface area contributed by atoms with E-state index in [2.05, 4.69) is 0 Å². The van der Waals surface area contributed by atoms with Crippen LogP contribution in [-0.4, -0.2) is 37.3 Å². The third kappa shape index (κ3) is 3.82. The van der Waals surface area contributed by atoms with Crippen molar-refractivity contribution in [2.75, 3.05) is 25.4 Å². The van der Waals surface area contributed by atoms with E-state index in [1.165, 1.54) is 12.0 Å². The summed E-state index contributed by atoms with van der Waals surface area (Å²) >= 11 is 0. The van der Waals surface area contributed by atoms with Crippen molar-refractivity contribution in [3.05, 3.63) is 83.4 Å². The molecule has 1 amide bonds. The van der Waals surface area contributed by atoms with Gasteiger partial charge >= 0.3 is 0 Å². The fraction of sp³-hybridized carbons (Fsp3) is 0.185. The van der Waals surface area contributed by atoms with Crippen molar-refractivity contribution < 1.29 is 33.6 Å². The summed E-state index contributed by atoms with van der Waals surface area (Å²) in [5.74, 6) is 0.175. The molecule has 2 heterocycles. The minimum Gasteiger partial charge on any atom is -0.507 e. The standard InChI is InChI=1S/C27H23NO7/c1-3-33-18-11-8-16(9-12-18)24-23(25(29)19-6-4-5-7-20(19)32-2)26(30)27(31)28(24)17-10-13-21-22(14-17)35-15-34-21/h4-14,24,29H,3,15H2,1-2H3/b25-23+. The lowest BCUT2D eigenvalue weighted by Gasteiger charge is -2.26. The van der Waals surface area contributed by atoms with Crippen LogP contribution in [-0.2, 0) is 9.59 Å². The number of aliphatic hydroxyl groups is 1.